The van der Waals surface area contributed by atoms with E-state index < -0.39 is 6.10 Å². The number of aliphatic hydroxyl groups is 1. The molecule has 2 rings (SSSR count). The summed E-state index contributed by atoms with van der Waals surface area (Å²) >= 11 is 0. The molecule has 0 amide bonds. The van der Waals surface area contributed by atoms with Gasteiger partial charge in [-0.25, -0.2) is 0 Å². The Labute approximate surface area is 127 Å². The molecule has 1 saturated carbocycles. The number of ether oxygens (including phenoxy) is 2. The maximum absolute atomic E-state index is 10.00. The van der Waals surface area contributed by atoms with E-state index in [2.05, 4.69) is 5.32 Å². The van der Waals surface area contributed by atoms with E-state index >= 15 is 0 Å². The zero-order valence-electron chi connectivity index (χ0n) is 12.9. The molecule has 2 N–H and O–H groups in total. The van der Waals surface area contributed by atoms with Gasteiger partial charge >= 0.3 is 0 Å². The Balaban J connectivity index is 1.63. The average molecular weight is 293 g/mol. The lowest BCUT2D eigenvalue weighted by Gasteiger charge is -2.23. The van der Waals surface area contributed by atoms with Gasteiger partial charge < -0.3 is 19.9 Å². The molecule has 4 heteroatoms. The van der Waals surface area contributed by atoms with Crippen LogP contribution < -0.4 is 14.8 Å². The van der Waals surface area contributed by atoms with Crippen molar-refractivity contribution in [2.24, 2.45) is 0 Å². The minimum atomic E-state index is -0.453. The minimum absolute atomic E-state index is 0.298. The van der Waals surface area contributed by atoms with E-state index in [-0.39, 0.29) is 0 Å². The van der Waals surface area contributed by atoms with E-state index in [1.54, 1.807) is 7.11 Å². The molecule has 0 aromatic heterocycles. The summed E-state index contributed by atoms with van der Waals surface area (Å²) in [4.78, 5) is 0. The summed E-state index contributed by atoms with van der Waals surface area (Å²) < 4.78 is 10.8. The third-order valence-corrected chi connectivity index (χ3v) is 4.02. The standard InChI is InChI=1S/C17H27NO3/c1-20-16-9-5-6-10-17(16)21-13-15(19)11-12-18-14-7-3-2-4-8-14/h5-6,9-10,14-15,18-19H,2-4,7-8,11-13H2,1H3. The first-order valence-corrected chi connectivity index (χ1v) is 7.97. The summed E-state index contributed by atoms with van der Waals surface area (Å²) in [5.41, 5.74) is 0. The van der Waals surface area contributed by atoms with Crippen LogP contribution in [-0.2, 0) is 0 Å². The van der Waals surface area contributed by atoms with Gasteiger partial charge in [0.15, 0.2) is 11.5 Å². The second kappa shape index (κ2) is 8.90. The van der Waals surface area contributed by atoms with Gasteiger partial charge in [-0.05, 0) is 37.9 Å². The van der Waals surface area contributed by atoms with Crippen LogP contribution in [0.5, 0.6) is 11.5 Å². The number of hydrogen-bond acceptors (Lipinski definition) is 4. The second-order valence-corrected chi connectivity index (χ2v) is 5.69. The van der Waals surface area contributed by atoms with Crippen molar-refractivity contribution in [3.05, 3.63) is 24.3 Å². The first kappa shape index (κ1) is 16.1. The zero-order valence-corrected chi connectivity index (χ0v) is 12.9. The van der Waals surface area contributed by atoms with E-state index in [4.69, 9.17) is 9.47 Å². The molecule has 0 aliphatic heterocycles. The van der Waals surface area contributed by atoms with Crippen molar-refractivity contribution in [1.82, 2.24) is 5.32 Å². The maximum atomic E-state index is 10.00. The van der Waals surface area contributed by atoms with Crippen molar-refractivity contribution < 1.29 is 14.6 Å². The summed E-state index contributed by atoms with van der Waals surface area (Å²) in [6.07, 6.45) is 6.83. The van der Waals surface area contributed by atoms with Crippen LogP contribution in [0, 0.1) is 0 Å². The molecule has 0 bridgehead atoms. The van der Waals surface area contributed by atoms with Crippen LogP contribution in [0.25, 0.3) is 0 Å². The predicted molar refractivity (Wildman–Crippen MR) is 84.0 cm³/mol. The van der Waals surface area contributed by atoms with Gasteiger partial charge in [0, 0.05) is 6.04 Å². The Bertz CT molecular complexity index is 405. The molecule has 1 unspecified atom stereocenters. The molecule has 0 heterocycles. The van der Waals surface area contributed by atoms with Gasteiger partial charge in [-0.2, -0.15) is 0 Å². The maximum Gasteiger partial charge on any atom is 0.161 e. The highest BCUT2D eigenvalue weighted by Gasteiger charge is 2.13. The lowest BCUT2D eigenvalue weighted by Crippen LogP contribution is -2.34. The normalized spacial score (nSPS) is 17.4. The third kappa shape index (κ3) is 5.56. The number of hydrogen-bond donors (Lipinski definition) is 2. The smallest absolute Gasteiger partial charge is 0.161 e. The largest absolute Gasteiger partial charge is 0.493 e. The van der Waals surface area contributed by atoms with Crippen molar-refractivity contribution in [3.63, 3.8) is 0 Å². The fourth-order valence-corrected chi connectivity index (χ4v) is 2.77. The predicted octanol–water partition coefficient (Wildman–Crippen LogP) is 2.75. The Hall–Kier alpha value is -1.26. The molecule has 118 valence electrons. The van der Waals surface area contributed by atoms with Crippen LogP contribution in [0.4, 0.5) is 0 Å². The van der Waals surface area contributed by atoms with Crippen molar-refractivity contribution >= 4 is 0 Å². The Morgan fingerprint density at radius 1 is 1.19 bits per heavy atom. The first-order chi connectivity index (χ1) is 10.3. The van der Waals surface area contributed by atoms with Gasteiger partial charge in [-0.15, -0.1) is 0 Å². The molecule has 0 spiro atoms. The van der Waals surface area contributed by atoms with Crippen molar-refractivity contribution in [1.29, 1.82) is 0 Å². The van der Waals surface area contributed by atoms with E-state index in [9.17, 15) is 5.11 Å². The molecule has 1 aromatic rings. The van der Waals surface area contributed by atoms with E-state index in [0.29, 0.717) is 30.6 Å². The molecule has 0 saturated heterocycles. The number of methoxy groups -OCH3 is 1. The summed E-state index contributed by atoms with van der Waals surface area (Å²) in [5.74, 6) is 1.38. The minimum Gasteiger partial charge on any atom is -0.493 e. The number of rotatable bonds is 8. The molecule has 0 radical (unpaired) electrons. The topological polar surface area (TPSA) is 50.7 Å². The fraction of sp³-hybridized carbons (Fsp3) is 0.647. The van der Waals surface area contributed by atoms with E-state index in [1.807, 2.05) is 24.3 Å². The summed E-state index contributed by atoms with van der Waals surface area (Å²) in [6, 6.07) is 8.14. The van der Waals surface area contributed by atoms with Crippen LogP contribution >= 0.6 is 0 Å². The molecule has 1 fully saturated rings. The Morgan fingerprint density at radius 3 is 2.62 bits per heavy atom. The molecule has 1 aliphatic rings. The number of benzene rings is 1. The summed E-state index contributed by atoms with van der Waals surface area (Å²) in [7, 11) is 1.62. The quantitative estimate of drug-likeness (QED) is 0.774. The van der Waals surface area contributed by atoms with Crippen LogP contribution in [0.15, 0.2) is 24.3 Å². The number of aliphatic hydroxyl groups excluding tert-OH is 1. The Morgan fingerprint density at radius 2 is 1.90 bits per heavy atom. The van der Waals surface area contributed by atoms with Crippen molar-refractivity contribution in [2.45, 2.75) is 50.7 Å². The van der Waals surface area contributed by atoms with E-state index in [0.717, 1.165) is 6.54 Å². The van der Waals surface area contributed by atoms with Gasteiger partial charge in [0.1, 0.15) is 6.61 Å². The third-order valence-electron chi connectivity index (χ3n) is 4.02. The molecule has 21 heavy (non-hydrogen) atoms. The van der Waals surface area contributed by atoms with Gasteiger partial charge in [0.25, 0.3) is 0 Å². The zero-order chi connectivity index (χ0) is 14.9. The van der Waals surface area contributed by atoms with Gasteiger partial charge in [-0.3, -0.25) is 0 Å². The molecule has 1 atom stereocenters. The second-order valence-electron chi connectivity index (χ2n) is 5.69. The van der Waals surface area contributed by atoms with Crippen LogP contribution in [0.2, 0.25) is 0 Å². The molecular formula is C17H27NO3. The van der Waals surface area contributed by atoms with Crippen molar-refractivity contribution in [3.8, 4) is 11.5 Å². The summed E-state index contributed by atoms with van der Waals surface area (Å²) in [5, 5.41) is 13.5. The van der Waals surface area contributed by atoms with Gasteiger partial charge in [-0.1, -0.05) is 31.4 Å². The lowest BCUT2D eigenvalue weighted by atomic mass is 9.95. The Kier molecular flexibility index (Phi) is 6.83. The van der Waals surface area contributed by atoms with Crippen LogP contribution in [0.1, 0.15) is 38.5 Å². The highest BCUT2D eigenvalue weighted by atomic mass is 16.5. The lowest BCUT2D eigenvalue weighted by molar-refractivity contribution is 0.0971. The van der Waals surface area contributed by atoms with Gasteiger partial charge in [0.2, 0.25) is 0 Å². The van der Waals surface area contributed by atoms with Gasteiger partial charge in [0.05, 0.1) is 13.2 Å². The number of nitrogens with one attached hydrogen (secondary N) is 1. The molecule has 4 nitrogen and oxygen atoms in total. The number of para-hydroxylation sites is 2. The highest BCUT2D eigenvalue weighted by Crippen LogP contribution is 2.25. The van der Waals surface area contributed by atoms with Crippen LogP contribution in [-0.4, -0.2) is 37.5 Å². The fourth-order valence-electron chi connectivity index (χ4n) is 2.77. The van der Waals surface area contributed by atoms with Crippen molar-refractivity contribution in [2.75, 3.05) is 20.3 Å². The molecule has 1 aromatic carbocycles. The molecular weight excluding hydrogens is 266 g/mol. The average Bonchev–Trinajstić information content (AvgIpc) is 2.54. The first-order valence-electron chi connectivity index (χ1n) is 7.97. The SMILES string of the molecule is COc1ccccc1OCC(O)CCNC1CCCCC1. The van der Waals surface area contributed by atoms with Crippen LogP contribution in [0.3, 0.4) is 0 Å². The summed E-state index contributed by atoms with van der Waals surface area (Å²) in [6.45, 7) is 1.15. The highest BCUT2D eigenvalue weighted by molar-refractivity contribution is 5.39. The van der Waals surface area contributed by atoms with E-state index in [1.165, 1.54) is 32.1 Å². The molecule has 1 aliphatic carbocycles. The monoisotopic (exact) mass is 293 g/mol.